The summed E-state index contributed by atoms with van der Waals surface area (Å²) >= 11 is 0. The molecule has 0 aromatic heterocycles. The Hall–Kier alpha value is -3.72. The van der Waals surface area contributed by atoms with Gasteiger partial charge in [0.05, 0.1) is 11.9 Å². The number of carbonyl (C=O) groups excluding carboxylic acids is 2. The molecule has 0 heterocycles. The molecule has 0 spiro atoms. The van der Waals surface area contributed by atoms with Crippen LogP contribution in [0.25, 0.3) is 0 Å². The lowest BCUT2D eigenvalue weighted by molar-refractivity contribution is -0.141. The minimum absolute atomic E-state index is 0.0325. The number of amides is 2. The topological polar surface area (TPSA) is 86.8 Å². The molecule has 3 aromatic rings. The first-order chi connectivity index (χ1) is 18.2. The van der Waals surface area contributed by atoms with Crippen molar-refractivity contribution >= 4 is 27.5 Å². The van der Waals surface area contributed by atoms with Crippen molar-refractivity contribution in [2.75, 3.05) is 23.7 Å². The highest BCUT2D eigenvalue weighted by molar-refractivity contribution is 7.92. The number of hydrogen-bond acceptors (Lipinski definition) is 4. The summed E-state index contributed by atoms with van der Waals surface area (Å²) < 4.78 is 39.7. The maximum absolute atomic E-state index is 13.6. The zero-order chi connectivity index (χ0) is 27.5. The van der Waals surface area contributed by atoms with Crippen LogP contribution in [-0.2, 0) is 32.6 Å². The average molecular weight is 540 g/mol. The van der Waals surface area contributed by atoms with Crippen molar-refractivity contribution in [2.45, 2.75) is 38.8 Å². The number of hydrogen-bond donors (Lipinski definition) is 1. The van der Waals surface area contributed by atoms with Crippen molar-refractivity contribution in [1.29, 1.82) is 0 Å². The molecular weight excluding hydrogens is 505 g/mol. The van der Waals surface area contributed by atoms with Crippen LogP contribution in [0.5, 0.6) is 0 Å². The van der Waals surface area contributed by atoms with E-state index in [9.17, 15) is 22.4 Å². The molecule has 38 heavy (non-hydrogen) atoms. The maximum Gasteiger partial charge on any atom is 0.243 e. The van der Waals surface area contributed by atoms with E-state index in [1.54, 1.807) is 42.5 Å². The molecular formula is C29H34FN3O4S. The molecule has 0 saturated heterocycles. The molecule has 3 rings (SSSR count). The molecule has 0 radical (unpaired) electrons. The van der Waals surface area contributed by atoms with Gasteiger partial charge in [-0.1, -0.05) is 60.7 Å². The van der Waals surface area contributed by atoms with Crippen LogP contribution in [0.4, 0.5) is 10.1 Å². The minimum Gasteiger partial charge on any atom is -0.355 e. The smallest absolute Gasteiger partial charge is 0.243 e. The SMILES string of the molecule is CCNC(=O)C(Cc1ccccc1)N(Cc1ccc(F)cc1)C(=O)CCCN(c1ccccc1)S(C)(=O)=O. The lowest BCUT2D eigenvalue weighted by atomic mass is 10.0. The van der Waals surface area contributed by atoms with Crippen molar-refractivity contribution in [3.63, 3.8) is 0 Å². The highest BCUT2D eigenvalue weighted by Crippen LogP contribution is 2.20. The van der Waals surface area contributed by atoms with Gasteiger partial charge in [0.15, 0.2) is 0 Å². The van der Waals surface area contributed by atoms with Gasteiger partial charge in [-0.15, -0.1) is 0 Å². The summed E-state index contributed by atoms with van der Waals surface area (Å²) in [5.41, 5.74) is 2.10. The van der Waals surface area contributed by atoms with Crippen molar-refractivity contribution in [3.8, 4) is 0 Å². The second-order valence-corrected chi connectivity index (χ2v) is 10.9. The van der Waals surface area contributed by atoms with E-state index in [-0.39, 0.29) is 37.7 Å². The molecule has 1 atom stereocenters. The van der Waals surface area contributed by atoms with Gasteiger partial charge in [-0.3, -0.25) is 13.9 Å². The maximum atomic E-state index is 13.6. The largest absolute Gasteiger partial charge is 0.355 e. The molecule has 0 aliphatic carbocycles. The van der Waals surface area contributed by atoms with Gasteiger partial charge in [0.25, 0.3) is 0 Å². The number of halogens is 1. The van der Waals surface area contributed by atoms with Crippen LogP contribution in [0.1, 0.15) is 30.9 Å². The fourth-order valence-corrected chi connectivity index (χ4v) is 5.20. The van der Waals surface area contributed by atoms with Crippen LogP contribution >= 0.6 is 0 Å². The van der Waals surface area contributed by atoms with Crippen molar-refractivity contribution < 1.29 is 22.4 Å². The quantitative estimate of drug-likeness (QED) is 0.354. The third kappa shape index (κ3) is 8.41. The molecule has 3 aromatic carbocycles. The van der Waals surface area contributed by atoms with Crippen molar-refractivity contribution in [1.82, 2.24) is 10.2 Å². The zero-order valence-corrected chi connectivity index (χ0v) is 22.5. The molecule has 1 N–H and O–H groups in total. The third-order valence-corrected chi connectivity index (χ3v) is 7.28. The monoisotopic (exact) mass is 539 g/mol. The molecule has 2 amide bonds. The number of nitrogens with one attached hydrogen (secondary N) is 1. The standard InChI is InChI=1S/C29H34FN3O4S/c1-3-31-29(35)27(21-23-11-6-4-7-12-23)32(22-24-16-18-25(30)19-17-24)28(34)15-10-20-33(38(2,36)37)26-13-8-5-9-14-26/h4-9,11-14,16-19,27H,3,10,15,20-22H2,1-2H3,(H,31,35). The molecule has 202 valence electrons. The Labute approximate surface area is 224 Å². The number of nitrogens with zero attached hydrogens (tertiary/aromatic N) is 2. The first-order valence-electron chi connectivity index (χ1n) is 12.6. The lowest BCUT2D eigenvalue weighted by Crippen LogP contribution is -2.50. The number of para-hydroxylation sites is 1. The Morgan fingerprint density at radius 1 is 0.895 bits per heavy atom. The van der Waals surface area contributed by atoms with E-state index in [2.05, 4.69) is 5.32 Å². The van der Waals surface area contributed by atoms with Gasteiger partial charge in [0.2, 0.25) is 21.8 Å². The van der Waals surface area contributed by atoms with Crippen LogP contribution in [0.3, 0.4) is 0 Å². The fraction of sp³-hybridized carbons (Fsp3) is 0.310. The van der Waals surface area contributed by atoms with Gasteiger partial charge in [-0.25, -0.2) is 12.8 Å². The Morgan fingerprint density at radius 3 is 2.08 bits per heavy atom. The lowest BCUT2D eigenvalue weighted by Gasteiger charge is -2.32. The van der Waals surface area contributed by atoms with E-state index in [4.69, 9.17) is 0 Å². The summed E-state index contributed by atoms with van der Waals surface area (Å²) in [4.78, 5) is 28.3. The predicted octanol–water partition coefficient (Wildman–Crippen LogP) is 4.15. The summed E-state index contributed by atoms with van der Waals surface area (Å²) in [5.74, 6) is -0.963. The van der Waals surface area contributed by atoms with E-state index in [0.29, 0.717) is 24.2 Å². The van der Waals surface area contributed by atoms with Crippen LogP contribution < -0.4 is 9.62 Å². The van der Waals surface area contributed by atoms with E-state index < -0.39 is 21.9 Å². The number of anilines is 1. The molecule has 0 aliphatic rings. The van der Waals surface area contributed by atoms with Crippen LogP contribution in [0, 0.1) is 5.82 Å². The number of carbonyl (C=O) groups is 2. The number of benzene rings is 3. The van der Waals surface area contributed by atoms with Gasteiger partial charge < -0.3 is 10.2 Å². The molecule has 7 nitrogen and oxygen atoms in total. The van der Waals surface area contributed by atoms with Gasteiger partial charge in [-0.2, -0.15) is 0 Å². The first kappa shape index (κ1) is 28.8. The average Bonchev–Trinajstić information content (AvgIpc) is 2.90. The Kier molecular flexibility index (Phi) is 10.4. The minimum atomic E-state index is -3.56. The van der Waals surface area contributed by atoms with Crippen LogP contribution in [0.15, 0.2) is 84.9 Å². The summed E-state index contributed by atoms with van der Waals surface area (Å²) in [6.45, 7) is 2.45. The van der Waals surface area contributed by atoms with Gasteiger partial charge in [0.1, 0.15) is 11.9 Å². The van der Waals surface area contributed by atoms with Gasteiger partial charge in [0, 0.05) is 32.5 Å². The third-order valence-electron chi connectivity index (χ3n) is 6.08. The molecule has 0 saturated carbocycles. The number of rotatable bonds is 13. The second-order valence-electron chi connectivity index (χ2n) is 9.02. The number of likely N-dealkylation sites (N-methyl/N-ethyl adjacent to an activating group) is 1. The molecule has 0 fully saturated rings. The van der Waals surface area contributed by atoms with Gasteiger partial charge in [-0.05, 0) is 48.7 Å². The zero-order valence-electron chi connectivity index (χ0n) is 21.7. The Balaban J connectivity index is 1.84. The van der Waals surface area contributed by atoms with E-state index in [1.807, 2.05) is 37.3 Å². The van der Waals surface area contributed by atoms with E-state index in [1.165, 1.54) is 21.3 Å². The van der Waals surface area contributed by atoms with Gasteiger partial charge >= 0.3 is 0 Å². The fourth-order valence-electron chi connectivity index (χ4n) is 4.23. The van der Waals surface area contributed by atoms with Crippen LogP contribution in [0.2, 0.25) is 0 Å². The summed E-state index contributed by atoms with van der Waals surface area (Å²) in [6, 6.07) is 23.2. The summed E-state index contributed by atoms with van der Waals surface area (Å²) in [7, 11) is -3.56. The van der Waals surface area contributed by atoms with Crippen molar-refractivity contribution in [3.05, 3.63) is 102 Å². The number of sulfonamides is 1. The Morgan fingerprint density at radius 2 is 1.50 bits per heavy atom. The highest BCUT2D eigenvalue weighted by atomic mass is 32.2. The van der Waals surface area contributed by atoms with Crippen LogP contribution in [-0.4, -0.2) is 50.5 Å². The van der Waals surface area contributed by atoms with E-state index in [0.717, 1.165) is 11.8 Å². The highest BCUT2D eigenvalue weighted by Gasteiger charge is 2.30. The van der Waals surface area contributed by atoms with Crippen molar-refractivity contribution in [2.24, 2.45) is 0 Å². The molecule has 0 bridgehead atoms. The van der Waals surface area contributed by atoms with E-state index >= 15 is 0 Å². The predicted molar refractivity (Wildman–Crippen MR) is 147 cm³/mol. The Bertz CT molecular complexity index is 1290. The molecule has 0 aliphatic heterocycles. The molecule has 1 unspecified atom stereocenters. The molecule has 9 heteroatoms. The summed E-state index contributed by atoms with van der Waals surface area (Å²) in [6.07, 6.45) is 1.73. The normalized spacial score (nSPS) is 12.0. The first-order valence-corrected chi connectivity index (χ1v) is 14.4. The second kappa shape index (κ2) is 13.7. The summed E-state index contributed by atoms with van der Waals surface area (Å²) in [5, 5.41) is 2.83.